The van der Waals surface area contributed by atoms with Crippen LogP contribution in [-0.4, -0.2) is 0 Å². The summed E-state index contributed by atoms with van der Waals surface area (Å²) in [6.07, 6.45) is 10.0. The Morgan fingerprint density at radius 2 is 1.21 bits per heavy atom. The normalized spacial score (nSPS) is 11.6. The van der Waals surface area contributed by atoms with Gasteiger partial charge in [-0.15, -0.1) is 40.1 Å². The first-order chi connectivity index (χ1) is 12.9. The summed E-state index contributed by atoms with van der Waals surface area (Å²) in [7, 11) is 0. The van der Waals surface area contributed by atoms with E-state index in [-0.39, 0.29) is 51.0 Å². The molecule has 5 aromatic rings. The van der Waals surface area contributed by atoms with E-state index in [1.54, 1.807) is 0 Å². The fourth-order valence-corrected chi connectivity index (χ4v) is 3.95. The molecule has 0 aromatic heterocycles. The first-order valence-electron chi connectivity index (χ1n) is 9.03. The van der Waals surface area contributed by atoms with E-state index in [1.165, 1.54) is 43.1 Å². The number of hydrogen-bond donors (Lipinski definition) is 0. The van der Waals surface area contributed by atoms with Crippen LogP contribution in [0.2, 0.25) is 0 Å². The quantitative estimate of drug-likeness (QED) is 0.226. The molecule has 6 rings (SSSR count). The van der Waals surface area contributed by atoms with Crippen LogP contribution in [0.15, 0.2) is 97.1 Å². The molecule has 0 fully saturated rings. The predicted octanol–water partition coefficient (Wildman–Crippen LogP) is 1.33. The Labute approximate surface area is 202 Å². The zero-order chi connectivity index (χ0) is 17.3. The summed E-state index contributed by atoms with van der Waals surface area (Å²) in [6.45, 7) is 0. The summed E-state index contributed by atoms with van der Waals surface area (Å²) in [5.41, 5.74) is 0. The van der Waals surface area contributed by atoms with E-state index >= 15 is 0 Å². The largest absolute Gasteiger partial charge is 4.00 e. The SMILES string of the molecule is [C-]1=CC=CC1.[Cl-].[Cl-].[Zr+4].c1ccc2c(c1)[cH-]c1c3ccccc3c3ccccc3c21. The zero-order valence-corrected chi connectivity index (χ0v) is 19.7. The number of fused-ring (bicyclic) bond motifs is 8. The van der Waals surface area contributed by atoms with Crippen LogP contribution >= 0.6 is 0 Å². The third kappa shape index (κ3) is 4.24. The van der Waals surface area contributed by atoms with E-state index in [2.05, 4.69) is 91.0 Å². The standard InChI is InChI=1S/C21H13.C5H5.2ClH.Zr/c1-2-8-15-14(7-1)13-20-18-11-4-3-9-16(18)17-10-5-6-12-19(17)21(15)20;1-2-4-5-3-1;;;/h1-13H;1-3H,4H2;2*1H;/q2*-1;;;+4/p-2. The van der Waals surface area contributed by atoms with E-state index in [1.807, 2.05) is 12.2 Å². The molecule has 0 heterocycles. The number of allylic oxidation sites excluding steroid dienone is 4. The third-order valence-electron chi connectivity index (χ3n) is 5.09. The maximum Gasteiger partial charge on any atom is 4.00 e. The average molecular weight is 493 g/mol. The molecule has 0 saturated carbocycles. The molecule has 0 spiro atoms. The van der Waals surface area contributed by atoms with E-state index in [0.717, 1.165) is 6.42 Å². The minimum Gasteiger partial charge on any atom is -1.00 e. The van der Waals surface area contributed by atoms with Crippen LogP contribution in [0.1, 0.15) is 6.42 Å². The monoisotopic (exact) mass is 490 g/mol. The van der Waals surface area contributed by atoms with Gasteiger partial charge in [0.05, 0.1) is 0 Å². The van der Waals surface area contributed by atoms with Gasteiger partial charge in [0.1, 0.15) is 0 Å². The van der Waals surface area contributed by atoms with Crippen molar-refractivity contribution < 1.29 is 51.0 Å². The summed E-state index contributed by atoms with van der Waals surface area (Å²) in [6, 6.07) is 28.5. The topological polar surface area (TPSA) is 0 Å². The molecule has 0 bridgehead atoms. The smallest absolute Gasteiger partial charge is 1.00 e. The zero-order valence-electron chi connectivity index (χ0n) is 15.7. The Kier molecular flexibility index (Phi) is 8.35. The maximum absolute atomic E-state index is 2.99. The van der Waals surface area contributed by atoms with Crippen LogP contribution in [0.25, 0.3) is 43.1 Å². The molecule has 29 heavy (non-hydrogen) atoms. The van der Waals surface area contributed by atoms with Crippen molar-refractivity contribution >= 4 is 43.1 Å². The Morgan fingerprint density at radius 1 is 0.655 bits per heavy atom. The fraction of sp³-hybridized carbons (Fsp3) is 0.0385. The van der Waals surface area contributed by atoms with Gasteiger partial charge in [0.2, 0.25) is 0 Å². The van der Waals surface area contributed by atoms with Gasteiger partial charge in [-0.05, 0) is 10.8 Å². The van der Waals surface area contributed by atoms with Crippen molar-refractivity contribution in [1.82, 2.24) is 0 Å². The van der Waals surface area contributed by atoms with Crippen LogP contribution in [0.4, 0.5) is 0 Å². The molecule has 0 atom stereocenters. The minimum absolute atomic E-state index is 0. The van der Waals surface area contributed by atoms with Gasteiger partial charge in [0.25, 0.3) is 0 Å². The van der Waals surface area contributed by atoms with Crippen molar-refractivity contribution in [2.75, 3.05) is 0 Å². The molecule has 0 radical (unpaired) electrons. The summed E-state index contributed by atoms with van der Waals surface area (Å²) >= 11 is 0. The first-order valence-corrected chi connectivity index (χ1v) is 9.03. The maximum atomic E-state index is 2.99. The molecule has 3 heteroatoms. The van der Waals surface area contributed by atoms with Crippen LogP contribution < -0.4 is 24.8 Å². The first kappa shape index (κ1) is 23.5. The molecule has 0 unspecified atom stereocenters. The minimum atomic E-state index is 0. The van der Waals surface area contributed by atoms with E-state index in [9.17, 15) is 0 Å². The van der Waals surface area contributed by atoms with Gasteiger partial charge in [-0.2, -0.15) is 6.08 Å². The molecular weight excluding hydrogens is 474 g/mol. The average Bonchev–Trinajstić information content (AvgIpc) is 3.40. The Balaban J connectivity index is 0.000000333. The summed E-state index contributed by atoms with van der Waals surface area (Å²) in [5.74, 6) is 0. The van der Waals surface area contributed by atoms with Crippen molar-refractivity contribution in [2.45, 2.75) is 6.42 Å². The second-order valence-electron chi connectivity index (χ2n) is 6.61. The number of hydrogen-bond acceptors (Lipinski definition) is 0. The van der Waals surface area contributed by atoms with Gasteiger partial charge in [0, 0.05) is 0 Å². The van der Waals surface area contributed by atoms with Gasteiger partial charge >= 0.3 is 26.2 Å². The molecule has 0 aliphatic heterocycles. The van der Waals surface area contributed by atoms with Crippen molar-refractivity contribution in [1.29, 1.82) is 0 Å². The fourth-order valence-electron chi connectivity index (χ4n) is 3.95. The van der Waals surface area contributed by atoms with Gasteiger partial charge in [-0.3, -0.25) is 6.08 Å². The number of benzene rings is 4. The molecule has 0 saturated heterocycles. The molecule has 0 N–H and O–H groups in total. The molecule has 1 aliphatic rings. The van der Waals surface area contributed by atoms with Gasteiger partial charge in [-0.1, -0.05) is 77.5 Å². The van der Waals surface area contributed by atoms with Crippen LogP contribution in [0, 0.1) is 6.08 Å². The van der Waals surface area contributed by atoms with Crippen molar-refractivity contribution in [3.05, 3.63) is 103 Å². The van der Waals surface area contributed by atoms with Crippen LogP contribution in [0.5, 0.6) is 0 Å². The van der Waals surface area contributed by atoms with Crippen LogP contribution in [0.3, 0.4) is 0 Å². The molecule has 0 amide bonds. The Bertz CT molecular complexity index is 1300. The Hall–Kier alpha value is -1.79. The van der Waals surface area contributed by atoms with Gasteiger partial charge in [-0.25, -0.2) is 12.2 Å². The summed E-state index contributed by atoms with van der Waals surface area (Å²) in [5, 5.41) is 10.8. The molecule has 0 nitrogen and oxygen atoms in total. The number of rotatable bonds is 0. The van der Waals surface area contributed by atoms with Crippen molar-refractivity contribution in [3.8, 4) is 0 Å². The molecule has 1 aliphatic carbocycles. The number of halogens is 2. The van der Waals surface area contributed by atoms with Gasteiger partial charge in [0.15, 0.2) is 0 Å². The second-order valence-corrected chi connectivity index (χ2v) is 6.61. The summed E-state index contributed by atoms with van der Waals surface area (Å²) < 4.78 is 0. The predicted molar refractivity (Wildman–Crippen MR) is 114 cm³/mol. The van der Waals surface area contributed by atoms with E-state index in [4.69, 9.17) is 0 Å². The Morgan fingerprint density at radius 3 is 1.79 bits per heavy atom. The van der Waals surface area contributed by atoms with Crippen LogP contribution in [-0.2, 0) is 26.2 Å². The molecule has 140 valence electrons. The van der Waals surface area contributed by atoms with E-state index in [0.29, 0.717) is 0 Å². The summed E-state index contributed by atoms with van der Waals surface area (Å²) in [4.78, 5) is 0. The van der Waals surface area contributed by atoms with Gasteiger partial charge < -0.3 is 24.8 Å². The van der Waals surface area contributed by atoms with E-state index < -0.39 is 0 Å². The second kappa shape index (κ2) is 10.3. The van der Waals surface area contributed by atoms with Crippen molar-refractivity contribution in [2.24, 2.45) is 0 Å². The molecule has 5 aromatic carbocycles. The van der Waals surface area contributed by atoms with Crippen molar-refractivity contribution in [3.63, 3.8) is 0 Å². The molecular formula is C26H18Cl2Zr. The third-order valence-corrected chi connectivity index (χ3v) is 5.09.